The van der Waals surface area contributed by atoms with Gasteiger partial charge >= 0.3 is 0 Å². The maximum atomic E-state index is 11.3. The Hall–Kier alpha value is -2.53. The van der Waals surface area contributed by atoms with Gasteiger partial charge in [-0.25, -0.2) is 0 Å². The summed E-state index contributed by atoms with van der Waals surface area (Å²) in [6, 6.07) is 14.5. The minimum absolute atomic E-state index is 0.0732. The first-order valence-electron chi connectivity index (χ1n) is 8.46. The lowest BCUT2D eigenvalue weighted by Gasteiger charge is -2.38. The van der Waals surface area contributed by atoms with Gasteiger partial charge in [-0.2, -0.15) is 0 Å². The first-order chi connectivity index (χ1) is 12.1. The van der Waals surface area contributed by atoms with Gasteiger partial charge in [0.1, 0.15) is 0 Å². The molecule has 0 radical (unpaired) electrons. The molecular formula is C20H24N2O3. The normalized spacial score (nSPS) is 17.0. The van der Waals surface area contributed by atoms with Crippen molar-refractivity contribution < 1.29 is 14.3 Å². The molecule has 2 aromatic rings. The fraction of sp³-hybridized carbons (Fsp3) is 0.350. The van der Waals surface area contributed by atoms with E-state index in [1.165, 1.54) is 16.7 Å². The number of fused-ring (bicyclic) bond motifs is 1. The van der Waals surface area contributed by atoms with Crippen LogP contribution in [-0.4, -0.2) is 38.1 Å². The predicted octanol–water partition coefficient (Wildman–Crippen LogP) is 2.53. The molecule has 1 aliphatic rings. The molecule has 25 heavy (non-hydrogen) atoms. The van der Waals surface area contributed by atoms with Crippen LogP contribution in [0.5, 0.6) is 11.5 Å². The van der Waals surface area contributed by atoms with Crippen molar-refractivity contribution in [3.63, 3.8) is 0 Å². The standard InChI is InChI=1S/C20H24N2O3/c1-24-17-12-15-8-10-22(11-9-19(21)23)20(14-6-4-3-5-7-14)16(15)13-18(17)25-2/h3-7,12-13,20H,8-11H2,1-2H3,(H2,21,23). The second kappa shape index (κ2) is 7.57. The number of benzene rings is 2. The number of hydrogen-bond donors (Lipinski definition) is 1. The average molecular weight is 340 g/mol. The molecule has 5 heteroatoms. The molecule has 132 valence electrons. The molecule has 1 unspecified atom stereocenters. The molecule has 0 bridgehead atoms. The van der Waals surface area contributed by atoms with Gasteiger partial charge in [0, 0.05) is 19.5 Å². The number of carbonyl (C=O) groups is 1. The van der Waals surface area contributed by atoms with E-state index >= 15 is 0 Å². The maximum Gasteiger partial charge on any atom is 0.218 e. The monoisotopic (exact) mass is 340 g/mol. The molecule has 3 rings (SSSR count). The first-order valence-corrected chi connectivity index (χ1v) is 8.46. The largest absolute Gasteiger partial charge is 0.493 e. The molecule has 1 heterocycles. The average Bonchev–Trinajstić information content (AvgIpc) is 2.65. The molecule has 2 N–H and O–H groups in total. The zero-order valence-electron chi connectivity index (χ0n) is 14.7. The quantitative estimate of drug-likeness (QED) is 0.878. The Morgan fingerprint density at radius 3 is 2.48 bits per heavy atom. The van der Waals surface area contributed by atoms with Gasteiger partial charge in [-0.05, 0) is 35.2 Å². The van der Waals surface area contributed by atoms with Crippen molar-refractivity contribution in [3.05, 3.63) is 59.2 Å². The maximum absolute atomic E-state index is 11.3. The van der Waals surface area contributed by atoms with Crippen LogP contribution in [0.4, 0.5) is 0 Å². The van der Waals surface area contributed by atoms with Gasteiger partial charge in [0.25, 0.3) is 0 Å². The fourth-order valence-electron chi connectivity index (χ4n) is 3.52. The van der Waals surface area contributed by atoms with E-state index in [9.17, 15) is 4.79 Å². The number of nitrogens with two attached hydrogens (primary N) is 1. The lowest BCUT2D eigenvalue weighted by Crippen LogP contribution is -2.38. The van der Waals surface area contributed by atoms with Crippen LogP contribution in [-0.2, 0) is 11.2 Å². The molecule has 0 fully saturated rings. The molecule has 0 saturated carbocycles. The second-order valence-electron chi connectivity index (χ2n) is 6.22. The van der Waals surface area contributed by atoms with Crippen LogP contribution in [0.1, 0.15) is 29.2 Å². The Morgan fingerprint density at radius 1 is 1.16 bits per heavy atom. The van der Waals surface area contributed by atoms with Crippen LogP contribution < -0.4 is 15.2 Å². The second-order valence-corrected chi connectivity index (χ2v) is 6.22. The van der Waals surface area contributed by atoms with E-state index in [0.717, 1.165) is 24.5 Å². The van der Waals surface area contributed by atoms with Gasteiger partial charge in [0.2, 0.25) is 5.91 Å². The Bertz CT molecular complexity index is 746. The third kappa shape index (κ3) is 3.61. The number of carbonyl (C=O) groups excluding carboxylic acids is 1. The highest BCUT2D eigenvalue weighted by Gasteiger charge is 2.30. The smallest absolute Gasteiger partial charge is 0.218 e. The van der Waals surface area contributed by atoms with Gasteiger partial charge in [-0.3, -0.25) is 9.69 Å². The Labute approximate surface area is 148 Å². The SMILES string of the molecule is COc1cc2c(cc1OC)C(c1ccccc1)N(CCC(N)=O)CC2. The molecule has 1 aliphatic heterocycles. The van der Waals surface area contributed by atoms with Gasteiger partial charge < -0.3 is 15.2 Å². The van der Waals surface area contributed by atoms with Crippen molar-refractivity contribution in [2.45, 2.75) is 18.9 Å². The highest BCUT2D eigenvalue weighted by atomic mass is 16.5. The molecular weight excluding hydrogens is 316 g/mol. The van der Waals surface area contributed by atoms with Gasteiger partial charge in [-0.15, -0.1) is 0 Å². The topological polar surface area (TPSA) is 64.8 Å². The van der Waals surface area contributed by atoms with E-state index in [-0.39, 0.29) is 11.9 Å². The highest BCUT2D eigenvalue weighted by molar-refractivity contribution is 5.73. The summed E-state index contributed by atoms with van der Waals surface area (Å²) in [6.07, 6.45) is 1.25. The van der Waals surface area contributed by atoms with Gasteiger partial charge in [0.05, 0.1) is 20.3 Å². The van der Waals surface area contributed by atoms with Gasteiger partial charge in [-0.1, -0.05) is 30.3 Å². The molecule has 0 aliphatic carbocycles. The summed E-state index contributed by atoms with van der Waals surface area (Å²) < 4.78 is 11.0. The van der Waals surface area contributed by atoms with Crippen LogP contribution in [0.2, 0.25) is 0 Å². The van der Waals surface area contributed by atoms with Crippen LogP contribution in [0.25, 0.3) is 0 Å². The number of ether oxygens (including phenoxy) is 2. The Balaban J connectivity index is 2.05. The van der Waals surface area contributed by atoms with E-state index in [2.05, 4.69) is 29.2 Å². The van der Waals surface area contributed by atoms with E-state index < -0.39 is 0 Å². The number of hydrogen-bond acceptors (Lipinski definition) is 4. The van der Waals surface area contributed by atoms with E-state index in [1.807, 2.05) is 18.2 Å². The third-order valence-electron chi connectivity index (χ3n) is 4.73. The summed E-state index contributed by atoms with van der Waals surface area (Å²) in [7, 11) is 3.30. The molecule has 0 saturated heterocycles. The number of amides is 1. The summed E-state index contributed by atoms with van der Waals surface area (Å²) in [5, 5.41) is 0. The number of primary amides is 1. The van der Waals surface area contributed by atoms with Crippen molar-refractivity contribution in [1.82, 2.24) is 4.90 Å². The van der Waals surface area contributed by atoms with Crippen molar-refractivity contribution in [1.29, 1.82) is 0 Å². The highest BCUT2D eigenvalue weighted by Crippen LogP contribution is 2.40. The van der Waals surface area contributed by atoms with Crippen molar-refractivity contribution in [3.8, 4) is 11.5 Å². The van der Waals surface area contributed by atoms with Crippen molar-refractivity contribution in [2.24, 2.45) is 5.73 Å². The van der Waals surface area contributed by atoms with Crippen molar-refractivity contribution >= 4 is 5.91 Å². The van der Waals surface area contributed by atoms with Crippen LogP contribution in [0.3, 0.4) is 0 Å². The number of nitrogens with zero attached hydrogens (tertiary/aromatic N) is 1. The molecule has 0 aromatic heterocycles. The zero-order valence-corrected chi connectivity index (χ0v) is 14.7. The Morgan fingerprint density at radius 2 is 1.84 bits per heavy atom. The van der Waals surface area contributed by atoms with Crippen molar-refractivity contribution in [2.75, 3.05) is 27.3 Å². The molecule has 1 amide bonds. The summed E-state index contributed by atoms with van der Waals surface area (Å²) in [6.45, 7) is 1.51. The lowest BCUT2D eigenvalue weighted by molar-refractivity contribution is -0.118. The minimum atomic E-state index is -0.273. The van der Waals surface area contributed by atoms with Crippen LogP contribution >= 0.6 is 0 Å². The zero-order chi connectivity index (χ0) is 17.8. The summed E-state index contributed by atoms with van der Waals surface area (Å²) in [5.74, 6) is 1.20. The first kappa shape index (κ1) is 17.3. The van der Waals surface area contributed by atoms with E-state index in [1.54, 1.807) is 14.2 Å². The summed E-state index contributed by atoms with van der Waals surface area (Å²) >= 11 is 0. The Kier molecular flexibility index (Phi) is 5.24. The molecule has 0 spiro atoms. The fourth-order valence-corrected chi connectivity index (χ4v) is 3.52. The van der Waals surface area contributed by atoms with Crippen LogP contribution in [0.15, 0.2) is 42.5 Å². The summed E-state index contributed by atoms with van der Waals surface area (Å²) in [5.41, 5.74) is 9.01. The van der Waals surface area contributed by atoms with E-state index in [0.29, 0.717) is 13.0 Å². The number of rotatable bonds is 6. The van der Waals surface area contributed by atoms with Crippen LogP contribution in [0, 0.1) is 0 Å². The van der Waals surface area contributed by atoms with E-state index in [4.69, 9.17) is 15.2 Å². The molecule has 2 aromatic carbocycles. The lowest BCUT2D eigenvalue weighted by atomic mass is 9.87. The molecule has 5 nitrogen and oxygen atoms in total. The molecule has 1 atom stereocenters. The summed E-state index contributed by atoms with van der Waals surface area (Å²) in [4.78, 5) is 13.6. The number of methoxy groups -OCH3 is 2. The van der Waals surface area contributed by atoms with Gasteiger partial charge in [0.15, 0.2) is 11.5 Å². The minimum Gasteiger partial charge on any atom is -0.493 e. The third-order valence-corrected chi connectivity index (χ3v) is 4.73. The predicted molar refractivity (Wildman–Crippen MR) is 96.9 cm³/mol.